The molecule has 0 spiro atoms. The molecule has 3 aliphatic rings. The Morgan fingerprint density at radius 3 is 2.36 bits per heavy atom. The van der Waals surface area contributed by atoms with Crippen molar-refractivity contribution >= 4 is 5.91 Å². The Labute approximate surface area is 164 Å². The van der Waals surface area contributed by atoms with Crippen molar-refractivity contribution in [1.29, 1.82) is 0 Å². The zero-order valence-corrected chi connectivity index (χ0v) is 16.0. The van der Waals surface area contributed by atoms with Gasteiger partial charge in [0.2, 0.25) is 0 Å². The van der Waals surface area contributed by atoms with Crippen molar-refractivity contribution in [3.8, 4) is 22.6 Å². The van der Waals surface area contributed by atoms with E-state index in [2.05, 4.69) is 10.2 Å². The third kappa shape index (κ3) is 3.27. The van der Waals surface area contributed by atoms with Crippen molar-refractivity contribution in [3.05, 3.63) is 60.1 Å². The largest absolute Gasteiger partial charge is 0.461 e. The van der Waals surface area contributed by atoms with Crippen molar-refractivity contribution in [2.45, 2.75) is 25.8 Å². The molecular formula is C23H24N2O3. The lowest BCUT2D eigenvalue weighted by atomic mass is 9.84. The average molecular weight is 376 g/mol. The smallest absolute Gasteiger partial charge is 0.287 e. The second-order valence-corrected chi connectivity index (χ2v) is 7.87. The number of rotatable bonds is 4. The second-order valence-electron chi connectivity index (χ2n) is 7.87. The van der Waals surface area contributed by atoms with Gasteiger partial charge < -0.3 is 19.1 Å². The number of benzene rings is 1. The first-order valence-corrected chi connectivity index (χ1v) is 9.96. The SMILES string of the molecule is Cc1ccc(-c2cccc(-c3ccc(C(=O)N[C@H]4CN5CCC4CC5)o3)c2)o1. The van der Waals surface area contributed by atoms with Gasteiger partial charge in [0.05, 0.1) is 0 Å². The highest BCUT2D eigenvalue weighted by molar-refractivity contribution is 5.92. The van der Waals surface area contributed by atoms with E-state index in [-0.39, 0.29) is 11.9 Å². The molecule has 3 fully saturated rings. The summed E-state index contributed by atoms with van der Waals surface area (Å²) in [7, 11) is 0. The molecule has 6 rings (SSSR count). The number of aryl methyl sites for hydroxylation is 1. The zero-order valence-electron chi connectivity index (χ0n) is 16.0. The summed E-state index contributed by atoms with van der Waals surface area (Å²) in [6, 6.07) is 15.7. The number of fused-ring (bicyclic) bond motifs is 3. The van der Waals surface area contributed by atoms with E-state index in [9.17, 15) is 4.79 Å². The van der Waals surface area contributed by atoms with Gasteiger partial charge >= 0.3 is 0 Å². The topological polar surface area (TPSA) is 58.6 Å². The lowest BCUT2D eigenvalue weighted by Gasteiger charge is -2.44. The first-order chi connectivity index (χ1) is 13.7. The van der Waals surface area contributed by atoms with Gasteiger partial charge in [-0.15, -0.1) is 0 Å². The molecule has 0 aliphatic carbocycles. The van der Waals surface area contributed by atoms with Crippen LogP contribution in [0.2, 0.25) is 0 Å². The van der Waals surface area contributed by atoms with Crippen LogP contribution in [-0.4, -0.2) is 36.5 Å². The lowest BCUT2D eigenvalue weighted by molar-refractivity contribution is 0.0606. The number of furan rings is 2. The molecule has 5 heterocycles. The number of nitrogens with zero attached hydrogens (tertiary/aromatic N) is 1. The molecule has 144 valence electrons. The molecule has 0 radical (unpaired) electrons. The van der Waals surface area contributed by atoms with E-state index < -0.39 is 0 Å². The highest BCUT2D eigenvalue weighted by Gasteiger charge is 2.35. The highest BCUT2D eigenvalue weighted by atomic mass is 16.4. The van der Waals surface area contributed by atoms with Gasteiger partial charge in [0.15, 0.2) is 5.76 Å². The van der Waals surface area contributed by atoms with E-state index >= 15 is 0 Å². The molecule has 2 aromatic heterocycles. The van der Waals surface area contributed by atoms with Crippen LogP contribution in [0.4, 0.5) is 0 Å². The van der Waals surface area contributed by atoms with Crippen LogP contribution in [-0.2, 0) is 0 Å². The number of hydrogen-bond acceptors (Lipinski definition) is 4. The third-order valence-electron chi connectivity index (χ3n) is 5.97. The molecule has 1 amide bonds. The summed E-state index contributed by atoms with van der Waals surface area (Å²) in [5.41, 5.74) is 1.91. The molecule has 3 aliphatic heterocycles. The molecule has 28 heavy (non-hydrogen) atoms. The molecular weight excluding hydrogens is 352 g/mol. The molecule has 1 atom stereocenters. The minimum atomic E-state index is -0.122. The maximum Gasteiger partial charge on any atom is 0.287 e. The molecule has 2 bridgehead atoms. The van der Waals surface area contributed by atoms with Crippen LogP contribution in [0, 0.1) is 12.8 Å². The van der Waals surface area contributed by atoms with Crippen LogP contribution >= 0.6 is 0 Å². The summed E-state index contributed by atoms with van der Waals surface area (Å²) in [6.07, 6.45) is 2.35. The highest BCUT2D eigenvalue weighted by Crippen LogP contribution is 2.30. The van der Waals surface area contributed by atoms with Gasteiger partial charge in [-0.25, -0.2) is 0 Å². The number of carbonyl (C=O) groups is 1. The van der Waals surface area contributed by atoms with Gasteiger partial charge in [-0.3, -0.25) is 4.79 Å². The molecule has 3 saturated heterocycles. The van der Waals surface area contributed by atoms with E-state index in [0.717, 1.165) is 42.3 Å². The Kier molecular flexibility index (Phi) is 4.32. The normalized spacial score (nSPS) is 23.7. The molecule has 0 unspecified atom stereocenters. The number of nitrogens with one attached hydrogen (secondary N) is 1. The van der Waals surface area contributed by atoms with Gasteiger partial charge in [0.25, 0.3) is 5.91 Å². The number of hydrogen-bond donors (Lipinski definition) is 1. The Bertz CT molecular complexity index is 995. The van der Waals surface area contributed by atoms with Crippen LogP contribution in [0.25, 0.3) is 22.6 Å². The summed E-state index contributed by atoms with van der Waals surface area (Å²) in [5.74, 6) is 3.23. The average Bonchev–Trinajstić information content (AvgIpc) is 3.39. The number of amides is 1. The first-order valence-electron chi connectivity index (χ1n) is 9.96. The maximum atomic E-state index is 12.7. The van der Waals surface area contributed by atoms with E-state index in [1.54, 1.807) is 6.07 Å². The van der Waals surface area contributed by atoms with Crippen molar-refractivity contribution in [1.82, 2.24) is 10.2 Å². The first kappa shape index (κ1) is 17.3. The Morgan fingerprint density at radius 1 is 1.00 bits per heavy atom. The van der Waals surface area contributed by atoms with E-state index in [1.165, 1.54) is 12.8 Å². The van der Waals surface area contributed by atoms with Gasteiger partial charge in [-0.05, 0) is 69.1 Å². The molecule has 1 aromatic carbocycles. The van der Waals surface area contributed by atoms with Gasteiger partial charge in [0.1, 0.15) is 17.3 Å². The molecule has 1 N–H and O–H groups in total. The minimum Gasteiger partial charge on any atom is -0.461 e. The Morgan fingerprint density at radius 2 is 1.71 bits per heavy atom. The lowest BCUT2D eigenvalue weighted by Crippen LogP contribution is -2.57. The standard InChI is InChI=1S/C23H24N2O3/c1-15-5-6-20(27-15)17-3-2-4-18(13-17)21-7-8-22(28-21)23(26)24-19-14-25-11-9-16(19)10-12-25/h2-8,13,16,19H,9-12,14H2,1H3,(H,24,26)/t19-/m0/s1. The van der Waals surface area contributed by atoms with E-state index in [4.69, 9.17) is 8.83 Å². The maximum absolute atomic E-state index is 12.7. The monoisotopic (exact) mass is 376 g/mol. The molecule has 5 heteroatoms. The van der Waals surface area contributed by atoms with Crippen molar-refractivity contribution < 1.29 is 13.6 Å². The zero-order chi connectivity index (χ0) is 19.1. The Balaban J connectivity index is 1.33. The van der Waals surface area contributed by atoms with E-state index in [0.29, 0.717) is 17.4 Å². The molecule has 3 aromatic rings. The summed E-state index contributed by atoms with van der Waals surface area (Å²) >= 11 is 0. The summed E-state index contributed by atoms with van der Waals surface area (Å²) in [5, 5.41) is 3.18. The number of carbonyl (C=O) groups excluding carboxylic acids is 1. The fourth-order valence-corrected chi connectivity index (χ4v) is 4.40. The van der Waals surface area contributed by atoms with Crippen molar-refractivity contribution in [3.63, 3.8) is 0 Å². The quantitative estimate of drug-likeness (QED) is 0.736. The predicted octanol–water partition coefficient (Wildman–Crippen LogP) is 4.34. The van der Waals surface area contributed by atoms with Crippen LogP contribution in [0.3, 0.4) is 0 Å². The summed E-state index contributed by atoms with van der Waals surface area (Å²) < 4.78 is 11.6. The predicted molar refractivity (Wildman–Crippen MR) is 107 cm³/mol. The Hall–Kier alpha value is -2.79. The summed E-state index contributed by atoms with van der Waals surface area (Å²) in [4.78, 5) is 15.1. The number of piperidine rings is 3. The van der Waals surface area contributed by atoms with Gasteiger partial charge in [-0.2, -0.15) is 0 Å². The second kappa shape index (κ2) is 6.99. The molecule has 0 saturated carbocycles. The van der Waals surface area contributed by atoms with Crippen molar-refractivity contribution in [2.24, 2.45) is 5.92 Å². The van der Waals surface area contributed by atoms with Crippen LogP contribution in [0.5, 0.6) is 0 Å². The van der Waals surface area contributed by atoms with Crippen molar-refractivity contribution in [2.75, 3.05) is 19.6 Å². The van der Waals surface area contributed by atoms with E-state index in [1.807, 2.05) is 49.4 Å². The van der Waals surface area contributed by atoms with Crippen LogP contribution < -0.4 is 5.32 Å². The van der Waals surface area contributed by atoms with Gasteiger partial charge in [0, 0.05) is 23.7 Å². The molecule has 5 nitrogen and oxygen atoms in total. The van der Waals surface area contributed by atoms with Crippen LogP contribution in [0.1, 0.15) is 29.2 Å². The fourth-order valence-electron chi connectivity index (χ4n) is 4.40. The summed E-state index contributed by atoms with van der Waals surface area (Å²) in [6.45, 7) is 5.20. The minimum absolute atomic E-state index is 0.122. The third-order valence-corrected chi connectivity index (χ3v) is 5.97. The van der Waals surface area contributed by atoms with Gasteiger partial charge in [-0.1, -0.05) is 18.2 Å². The van der Waals surface area contributed by atoms with Crippen LogP contribution in [0.15, 0.2) is 57.4 Å². The fraction of sp³-hybridized carbons (Fsp3) is 0.348.